The topological polar surface area (TPSA) is 69.0 Å². The zero-order valence-corrected chi connectivity index (χ0v) is 19.2. The molecule has 0 radical (unpaired) electrons. The van der Waals surface area contributed by atoms with E-state index in [1.54, 1.807) is 13.2 Å². The number of thioether (sulfide) groups is 1. The number of carbonyl (C=O) groups is 1. The molecule has 0 aliphatic rings. The lowest BCUT2D eigenvalue weighted by molar-refractivity contribution is -0.113. The first kappa shape index (κ1) is 22.6. The highest BCUT2D eigenvalue weighted by Crippen LogP contribution is 2.32. The van der Waals surface area contributed by atoms with Crippen molar-refractivity contribution in [1.29, 1.82) is 0 Å². The highest BCUT2D eigenvalue weighted by Gasteiger charge is 2.20. The van der Waals surface area contributed by atoms with Crippen molar-refractivity contribution in [1.82, 2.24) is 14.8 Å². The zero-order valence-electron chi connectivity index (χ0n) is 18.4. The molecule has 0 fully saturated rings. The summed E-state index contributed by atoms with van der Waals surface area (Å²) >= 11 is 1.35. The number of nitrogens with one attached hydrogen (secondary N) is 1. The summed E-state index contributed by atoms with van der Waals surface area (Å²) in [6.45, 7) is 10.8. The molecule has 0 saturated carbocycles. The van der Waals surface area contributed by atoms with Crippen molar-refractivity contribution in [3.05, 3.63) is 66.7 Å². The molecular formula is C24H28N4O2S. The van der Waals surface area contributed by atoms with E-state index in [1.807, 2.05) is 53.1 Å². The van der Waals surface area contributed by atoms with Crippen LogP contribution in [0.1, 0.15) is 26.3 Å². The highest BCUT2D eigenvalue weighted by molar-refractivity contribution is 7.99. The third kappa shape index (κ3) is 5.35. The van der Waals surface area contributed by atoms with E-state index in [1.165, 1.54) is 11.8 Å². The van der Waals surface area contributed by atoms with Gasteiger partial charge in [0.1, 0.15) is 5.75 Å². The van der Waals surface area contributed by atoms with Gasteiger partial charge in [-0.25, -0.2) is 0 Å². The Balaban J connectivity index is 1.78. The molecule has 0 saturated heterocycles. The van der Waals surface area contributed by atoms with Crippen LogP contribution in [0.25, 0.3) is 11.4 Å². The number of benzene rings is 2. The van der Waals surface area contributed by atoms with Crippen LogP contribution in [0.4, 0.5) is 5.69 Å². The minimum Gasteiger partial charge on any atom is -0.496 e. The van der Waals surface area contributed by atoms with Gasteiger partial charge in [0.2, 0.25) is 5.91 Å². The lowest BCUT2D eigenvalue weighted by Crippen LogP contribution is -2.20. The van der Waals surface area contributed by atoms with Gasteiger partial charge in [-0.05, 0) is 29.2 Å². The van der Waals surface area contributed by atoms with E-state index in [4.69, 9.17) is 4.74 Å². The minimum atomic E-state index is -0.0892. The Labute approximate surface area is 187 Å². The predicted molar refractivity (Wildman–Crippen MR) is 127 cm³/mol. The molecule has 162 valence electrons. The Morgan fingerprint density at radius 3 is 2.58 bits per heavy atom. The Hall–Kier alpha value is -3.06. The number of hydrogen-bond donors (Lipinski definition) is 1. The van der Waals surface area contributed by atoms with E-state index in [-0.39, 0.29) is 17.1 Å². The van der Waals surface area contributed by atoms with Gasteiger partial charge in [0.15, 0.2) is 11.0 Å². The van der Waals surface area contributed by atoms with Crippen LogP contribution in [0, 0.1) is 0 Å². The molecule has 1 heterocycles. The van der Waals surface area contributed by atoms with Gasteiger partial charge in [0, 0.05) is 12.2 Å². The maximum Gasteiger partial charge on any atom is 0.234 e. The van der Waals surface area contributed by atoms with Crippen molar-refractivity contribution in [2.45, 2.75) is 37.9 Å². The molecule has 0 spiro atoms. The van der Waals surface area contributed by atoms with E-state index in [2.05, 4.69) is 42.9 Å². The van der Waals surface area contributed by atoms with E-state index < -0.39 is 0 Å². The number of amides is 1. The summed E-state index contributed by atoms with van der Waals surface area (Å²) < 4.78 is 7.40. The second kappa shape index (κ2) is 9.83. The number of anilines is 1. The first-order valence-electron chi connectivity index (χ1n) is 10.0. The van der Waals surface area contributed by atoms with Crippen molar-refractivity contribution >= 4 is 23.4 Å². The molecule has 31 heavy (non-hydrogen) atoms. The summed E-state index contributed by atoms with van der Waals surface area (Å²) in [5.74, 6) is 1.53. The number of para-hydroxylation sites is 2. The van der Waals surface area contributed by atoms with Crippen LogP contribution in [0.3, 0.4) is 0 Å². The third-order valence-corrected chi connectivity index (χ3v) is 5.68. The molecule has 3 aromatic rings. The van der Waals surface area contributed by atoms with Gasteiger partial charge >= 0.3 is 0 Å². The van der Waals surface area contributed by atoms with Crippen molar-refractivity contribution in [3.8, 4) is 17.1 Å². The second-order valence-electron chi connectivity index (χ2n) is 8.04. The van der Waals surface area contributed by atoms with Gasteiger partial charge in [-0.15, -0.1) is 16.8 Å². The number of aromatic nitrogens is 3. The summed E-state index contributed by atoms with van der Waals surface area (Å²) in [6, 6.07) is 15.6. The van der Waals surface area contributed by atoms with Crippen LogP contribution in [0.5, 0.6) is 5.75 Å². The molecule has 2 aromatic carbocycles. The molecule has 0 atom stereocenters. The van der Waals surface area contributed by atoms with Gasteiger partial charge in [0.25, 0.3) is 0 Å². The van der Waals surface area contributed by atoms with Crippen molar-refractivity contribution in [2.24, 2.45) is 0 Å². The predicted octanol–water partition coefficient (Wildman–Crippen LogP) is 5.17. The van der Waals surface area contributed by atoms with Crippen LogP contribution >= 0.6 is 11.8 Å². The number of nitrogens with zero attached hydrogens (tertiary/aromatic N) is 3. The summed E-state index contributed by atoms with van der Waals surface area (Å²) in [4.78, 5) is 12.7. The molecule has 0 aliphatic carbocycles. The molecule has 6 nitrogen and oxygen atoms in total. The van der Waals surface area contributed by atoms with Gasteiger partial charge < -0.3 is 10.1 Å². The normalized spacial score (nSPS) is 11.2. The van der Waals surface area contributed by atoms with E-state index in [0.717, 1.165) is 16.8 Å². The average molecular weight is 437 g/mol. The summed E-state index contributed by atoms with van der Waals surface area (Å²) in [7, 11) is 1.63. The smallest absolute Gasteiger partial charge is 0.234 e. The summed E-state index contributed by atoms with van der Waals surface area (Å²) in [5, 5.41) is 12.4. The molecular weight excluding hydrogens is 408 g/mol. The third-order valence-electron chi connectivity index (χ3n) is 4.72. The van der Waals surface area contributed by atoms with Crippen LogP contribution in [0.2, 0.25) is 0 Å². The van der Waals surface area contributed by atoms with Crippen LogP contribution in [-0.4, -0.2) is 33.5 Å². The van der Waals surface area contributed by atoms with Gasteiger partial charge in [0.05, 0.1) is 18.4 Å². The van der Waals surface area contributed by atoms with E-state index >= 15 is 0 Å². The van der Waals surface area contributed by atoms with E-state index in [9.17, 15) is 4.79 Å². The van der Waals surface area contributed by atoms with Gasteiger partial charge in [-0.2, -0.15) is 0 Å². The summed E-state index contributed by atoms with van der Waals surface area (Å²) in [5.41, 5.74) is 2.71. The fraction of sp³-hybridized carbons (Fsp3) is 0.292. The standard InChI is InChI=1S/C24H28N4O2S/c1-6-15-28-22(17-11-7-10-14-20(17)30-5)26-27-23(28)31-16-21(29)25-19-13-9-8-12-18(19)24(2,3)4/h6-14H,1,15-16H2,2-5H3,(H,25,29). The fourth-order valence-electron chi connectivity index (χ4n) is 3.28. The quantitative estimate of drug-likeness (QED) is 0.390. The second-order valence-corrected chi connectivity index (χ2v) is 8.98. The Bertz CT molecular complexity index is 1070. The molecule has 7 heteroatoms. The molecule has 0 unspecified atom stereocenters. The maximum absolute atomic E-state index is 12.7. The summed E-state index contributed by atoms with van der Waals surface area (Å²) in [6.07, 6.45) is 1.78. The van der Waals surface area contributed by atoms with Gasteiger partial charge in [-0.1, -0.05) is 68.9 Å². The number of rotatable bonds is 8. The first-order valence-corrected chi connectivity index (χ1v) is 11.0. The highest BCUT2D eigenvalue weighted by atomic mass is 32.2. The maximum atomic E-state index is 12.7. The number of allylic oxidation sites excluding steroid dienone is 1. The van der Waals surface area contributed by atoms with Crippen molar-refractivity contribution < 1.29 is 9.53 Å². The molecule has 1 amide bonds. The first-order chi connectivity index (χ1) is 14.8. The van der Waals surface area contributed by atoms with Gasteiger partial charge in [-0.3, -0.25) is 9.36 Å². The Morgan fingerprint density at radius 2 is 1.87 bits per heavy atom. The fourth-order valence-corrected chi connectivity index (χ4v) is 4.03. The Morgan fingerprint density at radius 1 is 1.16 bits per heavy atom. The average Bonchev–Trinajstić information content (AvgIpc) is 3.14. The molecule has 0 bridgehead atoms. The van der Waals surface area contributed by atoms with E-state index in [0.29, 0.717) is 23.3 Å². The van der Waals surface area contributed by atoms with Crippen molar-refractivity contribution in [3.63, 3.8) is 0 Å². The molecule has 1 N–H and O–H groups in total. The van der Waals surface area contributed by atoms with Crippen LogP contribution < -0.4 is 10.1 Å². The Kier molecular flexibility index (Phi) is 7.17. The SMILES string of the molecule is C=CCn1c(SCC(=O)Nc2ccccc2C(C)(C)C)nnc1-c1ccccc1OC. The van der Waals surface area contributed by atoms with Crippen LogP contribution in [0.15, 0.2) is 66.3 Å². The molecule has 1 aromatic heterocycles. The number of methoxy groups -OCH3 is 1. The van der Waals surface area contributed by atoms with Crippen LogP contribution in [-0.2, 0) is 16.8 Å². The number of hydrogen-bond acceptors (Lipinski definition) is 5. The molecule has 0 aliphatic heterocycles. The number of ether oxygens (including phenoxy) is 1. The number of carbonyl (C=O) groups excluding carboxylic acids is 1. The lowest BCUT2D eigenvalue weighted by Gasteiger charge is -2.22. The lowest BCUT2D eigenvalue weighted by atomic mass is 9.86. The monoisotopic (exact) mass is 436 g/mol. The molecule has 3 rings (SSSR count). The largest absolute Gasteiger partial charge is 0.496 e. The zero-order chi connectivity index (χ0) is 22.4. The minimum absolute atomic E-state index is 0.0647. The van der Waals surface area contributed by atoms with Crippen molar-refractivity contribution in [2.75, 3.05) is 18.2 Å².